The van der Waals surface area contributed by atoms with E-state index < -0.39 is 12.6 Å². The fraction of sp³-hybridized carbons (Fsp3) is 0.500. The van der Waals surface area contributed by atoms with E-state index >= 15 is 0 Å². The quantitative estimate of drug-likeness (QED) is 0.889. The molecule has 0 spiro atoms. The summed E-state index contributed by atoms with van der Waals surface area (Å²) in [6, 6.07) is 5.35. The first-order valence-electron chi connectivity index (χ1n) is 5.54. The maximum absolute atomic E-state index is 12.1. The second-order valence-electron chi connectivity index (χ2n) is 4.10. The van der Waals surface area contributed by atoms with Gasteiger partial charge in [0.15, 0.2) is 0 Å². The van der Waals surface area contributed by atoms with Crippen LogP contribution in [-0.4, -0.2) is 26.8 Å². The van der Waals surface area contributed by atoms with Crippen molar-refractivity contribution in [2.45, 2.75) is 19.1 Å². The predicted octanol–water partition coefficient (Wildman–Crippen LogP) is 3.45. The van der Waals surface area contributed by atoms with E-state index in [1.165, 1.54) is 4.90 Å². The van der Waals surface area contributed by atoms with Gasteiger partial charge in [0.25, 0.3) is 0 Å². The minimum absolute atomic E-state index is 0.103. The Hall–Kier alpha value is -0.940. The molecule has 0 aliphatic rings. The molecule has 1 N–H and O–H groups in total. The van der Waals surface area contributed by atoms with Gasteiger partial charge in [0, 0.05) is 20.1 Å². The molecule has 0 aliphatic heterocycles. The van der Waals surface area contributed by atoms with Gasteiger partial charge in [0.1, 0.15) is 0 Å². The molecule has 0 heterocycles. The summed E-state index contributed by atoms with van der Waals surface area (Å²) in [6.45, 7) is 0.570. The summed E-state index contributed by atoms with van der Waals surface area (Å²) in [7, 11) is 3.42. The third-order valence-electron chi connectivity index (χ3n) is 2.53. The Labute approximate surface area is 110 Å². The van der Waals surface area contributed by atoms with E-state index in [1.54, 1.807) is 19.2 Å². The van der Waals surface area contributed by atoms with E-state index in [9.17, 15) is 13.2 Å². The van der Waals surface area contributed by atoms with E-state index in [2.05, 4.69) is 5.32 Å². The number of alkyl halides is 3. The average molecular weight is 281 g/mol. The number of benzene rings is 1. The molecule has 1 rings (SSSR count). The van der Waals surface area contributed by atoms with Crippen LogP contribution < -0.4 is 10.2 Å². The van der Waals surface area contributed by atoms with Crippen LogP contribution in [0.25, 0.3) is 0 Å². The molecule has 0 saturated carbocycles. The Morgan fingerprint density at radius 2 is 2.00 bits per heavy atom. The van der Waals surface area contributed by atoms with Gasteiger partial charge in [-0.2, -0.15) is 13.2 Å². The predicted molar refractivity (Wildman–Crippen MR) is 68.2 cm³/mol. The maximum Gasteiger partial charge on any atom is 0.390 e. The minimum atomic E-state index is -4.15. The Kier molecular flexibility index (Phi) is 5.28. The molecule has 18 heavy (non-hydrogen) atoms. The van der Waals surface area contributed by atoms with E-state index in [4.69, 9.17) is 11.6 Å². The van der Waals surface area contributed by atoms with Gasteiger partial charge in [0.05, 0.1) is 17.1 Å². The summed E-state index contributed by atoms with van der Waals surface area (Å²) < 4.78 is 36.4. The lowest BCUT2D eigenvalue weighted by molar-refractivity contribution is -0.132. The van der Waals surface area contributed by atoms with Crippen molar-refractivity contribution in [3.63, 3.8) is 0 Å². The molecule has 0 fully saturated rings. The highest BCUT2D eigenvalue weighted by molar-refractivity contribution is 6.33. The molecule has 0 atom stereocenters. The van der Waals surface area contributed by atoms with Gasteiger partial charge in [0.2, 0.25) is 0 Å². The first kappa shape index (κ1) is 15.1. The molecule has 6 heteroatoms. The Morgan fingerprint density at radius 3 is 2.50 bits per heavy atom. The number of anilines is 1. The van der Waals surface area contributed by atoms with Crippen molar-refractivity contribution in [1.29, 1.82) is 0 Å². The molecule has 1 aromatic carbocycles. The van der Waals surface area contributed by atoms with Crippen LogP contribution in [-0.2, 0) is 6.54 Å². The lowest BCUT2D eigenvalue weighted by atomic mass is 10.2. The summed E-state index contributed by atoms with van der Waals surface area (Å²) in [4.78, 5) is 1.51. The largest absolute Gasteiger partial charge is 0.390 e. The van der Waals surface area contributed by atoms with Crippen LogP contribution in [0.1, 0.15) is 12.0 Å². The standard InChI is InChI=1S/C12H16ClF3N2/c1-17-8-9-3-4-11(10(13)7-9)18(2)6-5-12(14,15)16/h3-4,7,17H,5-6,8H2,1-2H3. The number of hydrogen-bond donors (Lipinski definition) is 1. The molecule has 0 aromatic heterocycles. The number of nitrogens with zero attached hydrogens (tertiary/aromatic N) is 1. The highest BCUT2D eigenvalue weighted by Gasteiger charge is 2.27. The van der Waals surface area contributed by atoms with Crippen LogP contribution in [0, 0.1) is 0 Å². The monoisotopic (exact) mass is 280 g/mol. The fourth-order valence-corrected chi connectivity index (χ4v) is 1.94. The zero-order valence-corrected chi connectivity index (χ0v) is 11.1. The van der Waals surface area contributed by atoms with Crippen molar-refractivity contribution >= 4 is 17.3 Å². The number of nitrogens with one attached hydrogen (secondary N) is 1. The van der Waals surface area contributed by atoms with Crippen LogP contribution in [0.15, 0.2) is 18.2 Å². The second kappa shape index (κ2) is 6.29. The first-order chi connectivity index (χ1) is 8.33. The van der Waals surface area contributed by atoms with Crippen molar-refractivity contribution in [3.8, 4) is 0 Å². The summed E-state index contributed by atoms with van der Waals surface area (Å²) in [6.07, 6.45) is -5.00. The van der Waals surface area contributed by atoms with E-state index in [-0.39, 0.29) is 6.54 Å². The molecule has 0 bridgehead atoms. The highest BCUT2D eigenvalue weighted by Crippen LogP contribution is 2.28. The van der Waals surface area contributed by atoms with E-state index in [0.717, 1.165) is 5.56 Å². The van der Waals surface area contributed by atoms with Gasteiger partial charge in [-0.15, -0.1) is 0 Å². The Bertz CT molecular complexity index is 393. The van der Waals surface area contributed by atoms with E-state index in [0.29, 0.717) is 17.3 Å². The molecular weight excluding hydrogens is 265 g/mol. The number of rotatable bonds is 5. The Morgan fingerprint density at radius 1 is 1.33 bits per heavy atom. The normalized spacial score (nSPS) is 11.7. The van der Waals surface area contributed by atoms with Crippen molar-refractivity contribution in [2.24, 2.45) is 0 Å². The number of hydrogen-bond acceptors (Lipinski definition) is 2. The van der Waals surface area contributed by atoms with E-state index in [1.807, 2.05) is 13.1 Å². The maximum atomic E-state index is 12.1. The third kappa shape index (κ3) is 4.74. The number of halogens is 4. The summed E-state index contributed by atoms with van der Waals surface area (Å²) in [5.74, 6) is 0. The lowest BCUT2D eigenvalue weighted by Crippen LogP contribution is -2.24. The second-order valence-corrected chi connectivity index (χ2v) is 4.51. The molecule has 102 valence electrons. The molecule has 0 unspecified atom stereocenters. The first-order valence-corrected chi connectivity index (χ1v) is 5.92. The highest BCUT2D eigenvalue weighted by atomic mass is 35.5. The molecular formula is C12H16ClF3N2. The molecule has 0 aliphatic carbocycles. The van der Waals surface area contributed by atoms with Crippen LogP contribution in [0.3, 0.4) is 0 Å². The van der Waals surface area contributed by atoms with Crippen molar-refractivity contribution in [3.05, 3.63) is 28.8 Å². The molecule has 2 nitrogen and oxygen atoms in total. The third-order valence-corrected chi connectivity index (χ3v) is 2.84. The molecule has 1 aromatic rings. The lowest BCUT2D eigenvalue weighted by Gasteiger charge is -2.21. The molecule has 0 amide bonds. The topological polar surface area (TPSA) is 15.3 Å². The Balaban J connectivity index is 2.71. The van der Waals surface area contributed by atoms with Crippen molar-refractivity contribution in [2.75, 3.05) is 25.5 Å². The van der Waals surface area contributed by atoms with Gasteiger partial charge in [-0.25, -0.2) is 0 Å². The molecule has 0 radical (unpaired) electrons. The van der Waals surface area contributed by atoms with Crippen LogP contribution >= 0.6 is 11.6 Å². The average Bonchev–Trinajstić information content (AvgIpc) is 2.25. The summed E-state index contributed by atoms with van der Waals surface area (Å²) in [5, 5.41) is 3.45. The van der Waals surface area contributed by atoms with Gasteiger partial charge >= 0.3 is 6.18 Å². The van der Waals surface area contributed by atoms with Crippen molar-refractivity contribution in [1.82, 2.24) is 5.32 Å². The van der Waals surface area contributed by atoms with Crippen LogP contribution in [0.4, 0.5) is 18.9 Å². The minimum Gasteiger partial charge on any atom is -0.373 e. The van der Waals surface area contributed by atoms with Gasteiger partial charge < -0.3 is 10.2 Å². The smallest absolute Gasteiger partial charge is 0.373 e. The summed E-state index contributed by atoms with van der Waals surface area (Å²) in [5.41, 5.74) is 1.61. The van der Waals surface area contributed by atoms with Crippen LogP contribution in [0.5, 0.6) is 0 Å². The zero-order chi connectivity index (χ0) is 13.8. The van der Waals surface area contributed by atoms with Gasteiger partial charge in [-0.3, -0.25) is 0 Å². The van der Waals surface area contributed by atoms with Gasteiger partial charge in [-0.1, -0.05) is 17.7 Å². The molecule has 0 saturated heterocycles. The van der Waals surface area contributed by atoms with Gasteiger partial charge in [-0.05, 0) is 24.7 Å². The van der Waals surface area contributed by atoms with Crippen LogP contribution in [0.2, 0.25) is 5.02 Å². The van der Waals surface area contributed by atoms with Crippen molar-refractivity contribution < 1.29 is 13.2 Å². The SMILES string of the molecule is CNCc1ccc(N(C)CCC(F)(F)F)c(Cl)c1. The fourth-order valence-electron chi connectivity index (χ4n) is 1.59. The zero-order valence-electron chi connectivity index (χ0n) is 10.3. The summed E-state index contributed by atoms with van der Waals surface area (Å²) >= 11 is 6.06.